The van der Waals surface area contributed by atoms with Crippen LogP contribution in [0, 0.1) is 6.92 Å². The van der Waals surface area contributed by atoms with Crippen molar-refractivity contribution in [3.05, 3.63) is 11.3 Å². The minimum atomic E-state index is -0.321. The third-order valence-corrected chi connectivity index (χ3v) is 2.21. The number of nitrogen functional groups attached to an aromatic ring is 1. The van der Waals surface area contributed by atoms with E-state index in [-0.39, 0.29) is 30.6 Å². The van der Waals surface area contributed by atoms with Gasteiger partial charge in [-0.05, 0) is 13.8 Å². The first-order valence-electron chi connectivity index (χ1n) is 5.41. The number of carbonyl (C=O) groups is 2. The highest BCUT2D eigenvalue weighted by Crippen LogP contribution is 2.11. The highest BCUT2D eigenvalue weighted by Gasteiger charge is 2.15. The SMILES string of the molecule is CCNC(=O)CCNC(=O)c1c(N)n[nH]c1C. The number of hydrogen-bond donors (Lipinski definition) is 4. The molecule has 0 saturated carbocycles. The van der Waals surface area contributed by atoms with Gasteiger partial charge in [-0.1, -0.05) is 0 Å². The Morgan fingerprint density at radius 1 is 1.41 bits per heavy atom. The van der Waals surface area contributed by atoms with Crippen LogP contribution < -0.4 is 16.4 Å². The van der Waals surface area contributed by atoms with Crippen LogP contribution in [0.5, 0.6) is 0 Å². The van der Waals surface area contributed by atoms with Crippen molar-refractivity contribution in [2.24, 2.45) is 0 Å². The van der Waals surface area contributed by atoms with E-state index in [0.29, 0.717) is 17.8 Å². The molecule has 0 spiro atoms. The average molecular weight is 239 g/mol. The summed E-state index contributed by atoms with van der Waals surface area (Å²) in [6, 6.07) is 0. The van der Waals surface area contributed by atoms with Gasteiger partial charge >= 0.3 is 0 Å². The number of nitrogens with two attached hydrogens (primary N) is 1. The standard InChI is InChI=1S/C10H17N5O2/c1-3-12-7(16)4-5-13-10(17)8-6(2)14-15-9(8)11/h3-5H2,1-2H3,(H,12,16)(H,13,17)(H3,11,14,15). The third-order valence-electron chi connectivity index (χ3n) is 2.21. The van der Waals surface area contributed by atoms with Gasteiger partial charge in [0, 0.05) is 25.2 Å². The van der Waals surface area contributed by atoms with Gasteiger partial charge in [0.25, 0.3) is 5.91 Å². The van der Waals surface area contributed by atoms with Crippen LogP contribution in [0.2, 0.25) is 0 Å². The quantitative estimate of drug-likeness (QED) is 0.557. The molecule has 5 N–H and O–H groups in total. The summed E-state index contributed by atoms with van der Waals surface area (Å²) in [5.41, 5.74) is 6.48. The Kier molecular flexibility index (Phi) is 4.50. The molecule has 1 heterocycles. The molecule has 2 amide bonds. The highest BCUT2D eigenvalue weighted by molar-refractivity contribution is 5.99. The fourth-order valence-corrected chi connectivity index (χ4v) is 1.40. The van der Waals surface area contributed by atoms with Crippen molar-refractivity contribution in [3.63, 3.8) is 0 Å². The van der Waals surface area contributed by atoms with E-state index in [4.69, 9.17) is 5.73 Å². The zero-order valence-electron chi connectivity index (χ0n) is 9.96. The number of aromatic nitrogens is 2. The molecule has 0 aliphatic heterocycles. The van der Waals surface area contributed by atoms with Crippen LogP contribution >= 0.6 is 0 Å². The molecule has 7 heteroatoms. The number of amides is 2. The molecule has 0 saturated heterocycles. The zero-order chi connectivity index (χ0) is 12.8. The second-order valence-electron chi connectivity index (χ2n) is 3.57. The first-order chi connectivity index (χ1) is 8.06. The second-order valence-corrected chi connectivity index (χ2v) is 3.57. The van der Waals surface area contributed by atoms with Crippen LogP contribution in [-0.4, -0.2) is 35.1 Å². The van der Waals surface area contributed by atoms with E-state index in [1.807, 2.05) is 6.92 Å². The largest absolute Gasteiger partial charge is 0.382 e. The van der Waals surface area contributed by atoms with Crippen molar-refractivity contribution in [3.8, 4) is 0 Å². The minimum absolute atomic E-state index is 0.0929. The van der Waals surface area contributed by atoms with Gasteiger partial charge in [-0.3, -0.25) is 14.7 Å². The first kappa shape index (κ1) is 13.0. The lowest BCUT2D eigenvalue weighted by Crippen LogP contribution is -2.31. The summed E-state index contributed by atoms with van der Waals surface area (Å²) >= 11 is 0. The van der Waals surface area contributed by atoms with Gasteiger partial charge in [0.05, 0.1) is 0 Å². The van der Waals surface area contributed by atoms with Crippen LogP contribution in [0.4, 0.5) is 5.82 Å². The van der Waals surface area contributed by atoms with Crippen molar-refractivity contribution < 1.29 is 9.59 Å². The summed E-state index contributed by atoms with van der Waals surface area (Å²) in [6.07, 6.45) is 0.246. The van der Waals surface area contributed by atoms with E-state index in [0.717, 1.165) is 0 Å². The second kappa shape index (κ2) is 5.88. The van der Waals surface area contributed by atoms with Gasteiger partial charge in [0.2, 0.25) is 5.91 Å². The monoisotopic (exact) mass is 239 g/mol. The lowest BCUT2D eigenvalue weighted by Gasteiger charge is -2.05. The molecule has 0 fully saturated rings. The molecule has 94 valence electrons. The van der Waals surface area contributed by atoms with Crippen LogP contribution in [0.3, 0.4) is 0 Å². The van der Waals surface area contributed by atoms with Crippen molar-refractivity contribution in [1.29, 1.82) is 0 Å². The van der Waals surface area contributed by atoms with E-state index in [2.05, 4.69) is 20.8 Å². The van der Waals surface area contributed by atoms with Crippen molar-refractivity contribution in [2.75, 3.05) is 18.8 Å². The normalized spacial score (nSPS) is 10.0. The van der Waals surface area contributed by atoms with E-state index in [9.17, 15) is 9.59 Å². The van der Waals surface area contributed by atoms with E-state index < -0.39 is 0 Å². The first-order valence-corrected chi connectivity index (χ1v) is 5.41. The maximum absolute atomic E-state index is 11.7. The summed E-state index contributed by atoms with van der Waals surface area (Å²) < 4.78 is 0. The average Bonchev–Trinajstić information content (AvgIpc) is 2.59. The van der Waals surface area contributed by atoms with Gasteiger partial charge < -0.3 is 16.4 Å². The number of rotatable bonds is 5. The summed E-state index contributed by atoms with van der Waals surface area (Å²) in [5.74, 6) is -0.249. The molecule has 1 aromatic rings. The van der Waals surface area contributed by atoms with Crippen LogP contribution in [0.15, 0.2) is 0 Å². The predicted octanol–water partition coefficient (Wildman–Crippen LogP) is -0.444. The predicted molar refractivity (Wildman–Crippen MR) is 63.4 cm³/mol. The number of anilines is 1. The topological polar surface area (TPSA) is 113 Å². The van der Waals surface area contributed by atoms with Crippen molar-refractivity contribution in [1.82, 2.24) is 20.8 Å². The Labute approximate surface area is 99.1 Å². The highest BCUT2D eigenvalue weighted by atomic mass is 16.2. The van der Waals surface area contributed by atoms with Gasteiger partial charge in [0.15, 0.2) is 5.82 Å². The summed E-state index contributed by atoms with van der Waals surface area (Å²) in [5, 5.41) is 11.6. The molecular formula is C10H17N5O2. The van der Waals surface area contributed by atoms with Crippen LogP contribution in [0.25, 0.3) is 0 Å². The number of nitrogens with one attached hydrogen (secondary N) is 3. The minimum Gasteiger partial charge on any atom is -0.382 e. The number of aryl methyl sites for hydroxylation is 1. The maximum Gasteiger partial charge on any atom is 0.256 e. The lowest BCUT2D eigenvalue weighted by molar-refractivity contribution is -0.120. The molecule has 0 unspecified atom stereocenters. The molecule has 0 bridgehead atoms. The Morgan fingerprint density at radius 3 is 2.65 bits per heavy atom. The summed E-state index contributed by atoms with van der Waals surface area (Å²) in [7, 11) is 0. The zero-order valence-corrected chi connectivity index (χ0v) is 9.96. The molecule has 7 nitrogen and oxygen atoms in total. The Bertz CT molecular complexity index is 393. The Balaban J connectivity index is 2.43. The van der Waals surface area contributed by atoms with Gasteiger partial charge in [-0.2, -0.15) is 5.10 Å². The fraction of sp³-hybridized carbons (Fsp3) is 0.500. The lowest BCUT2D eigenvalue weighted by atomic mass is 10.2. The molecule has 1 rings (SSSR count). The molecule has 0 radical (unpaired) electrons. The van der Waals surface area contributed by atoms with E-state index in [1.54, 1.807) is 6.92 Å². The van der Waals surface area contributed by atoms with E-state index in [1.165, 1.54) is 0 Å². The summed E-state index contributed by atoms with van der Waals surface area (Å²) in [4.78, 5) is 22.8. The fourth-order valence-electron chi connectivity index (χ4n) is 1.40. The molecule has 0 aliphatic carbocycles. The number of hydrogen-bond acceptors (Lipinski definition) is 4. The summed E-state index contributed by atoms with van der Waals surface area (Å²) in [6.45, 7) is 4.41. The van der Waals surface area contributed by atoms with Gasteiger partial charge in [0.1, 0.15) is 5.56 Å². The number of aromatic amines is 1. The van der Waals surface area contributed by atoms with Crippen LogP contribution in [-0.2, 0) is 4.79 Å². The molecule has 0 aliphatic rings. The van der Waals surface area contributed by atoms with Gasteiger partial charge in [-0.15, -0.1) is 0 Å². The Hall–Kier alpha value is -2.05. The molecule has 17 heavy (non-hydrogen) atoms. The van der Waals surface area contributed by atoms with Crippen molar-refractivity contribution >= 4 is 17.6 Å². The number of H-pyrrole nitrogens is 1. The number of nitrogens with zero attached hydrogens (tertiary/aromatic N) is 1. The molecule has 0 atom stereocenters. The Morgan fingerprint density at radius 2 is 2.12 bits per heavy atom. The van der Waals surface area contributed by atoms with Crippen LogP contribution in [0.1, 0.15) is 29.4 Å². The maximum atomic E-state index is 11.7. The van der Waals surface area contributed by atoms with E-state index >= 15 is 0 Å². The molecular weight excluding hydrogens is 222 g/mol. The van der Waals surface area contributed by atoms with Gasteiger partial charge in [-0.25, -0.2) is 0 Å². The molecule has 0 aromatic carbocycles. The van der Waals surface area contributed by atoms with Crippen molar-refractivity contribution in [2.45, 2.75) is 20.3 Å². The number of carbonyl (C=O) groups excluding carboxylic acids is 2. The third kappa shape index (κ3) is 3.47. The molecule has 1 aromatic heterocycles. The smallest absolute Gasteiger partial charge is 0.256 e.